The molecule has 12 heavy (non-hydrogen) atoms. The number of hydrogen-bond donors (Lipinski definition) is 2. The average Bonchev–Trinajstić information content (AvgIpc) is 2.06. The molecule has 1 aliphatic heterocycles. The third-order valence-electron chi connectivity index (χ3n) is 2.11. The van der Waals surface area contributed by atoms with Gasteiger partial charge in [0.15, 0.2) is 0 Å². The third kappa shape index (κ3) is 2.37. The predicted octanol–water partition coefficient (Wildman–Crippen LogP) is 0.381. The minimum Gasteiger partial charge on any atom is -0.466 e. The van der Waals surface area contributed by atoms with E-state index in [0.29, 0.717) is 18.7 Å². The normalized spacial score (nSPS) is 19.3. The van der Waals surface area contributed by atoms with Crippen LogP contribution < -0.4 is 5.73 Å². The first-order valence-electron chi connectivity index (χ1n) is 4.46. The summed E-state index contributed by atoms with van der Waals surface area (Å²) in [6.45, 7) is 4.19. The lowest BCUT2D eigenvalue weighted by molar-refractivity contribution is 0.211. The first-order chi connectivity index (χ1) is 5.74. The van der Waals surface area contributed by atoms with Crippen molar-refractivity contribution in [1.29, 1.82) is 5.41 Å². The van der Waals surface area contributed by atoms with Gasteiger partial charge in [0.05, 0.1) is 6.61 Å². The van der Waals surface area contributed by atoms with Crippen LogP contribution in [0.5, 0.6) is 0 Å². The molecule has 4 heteroatoms. The van der Waals surface area contributed by atoms with Crippen LogP contribution in [0.25, 0.3) is 0 Å². The molecule has 3 N–H and O–H groups in total. The Kier molecular flexibility index (Phi) is 3.34. The Balaban J connectivity index is 2.29. The van der Waals surface area contributed by atoms with E-state index in [-0.39, 0.29) is 0 Å². The Labute approximate surface area is 73.2 Å². The lowest BCUT2D eigenvalue weighted by Gasteiger charge is -2.30. The fraction of sp³-hybridized carbons (Fsp3) is 0.875. The van der Waals surface area contributed by atoms with E-state index in [1.54, 1.807) is 0 Å². The zero-order valence-corrected chi connectivity index (χ0v) is 7.55. The maximum atomic E-state index is 7.51. The second kappa shape index (κ2) is 4.30. The lowest BCUT2D eigenvalue weighted by atomic mass is 10.1. The molecule has 70 valence electrons. The molecule has 0 saturated carbocycles. The number of hydrogen-bond acceptors (Lipinski definition) is 3. The maximum Gasteiger partial charge on any atom is 0.284 e. The van der Waals surface area contributed by atoms with Gasteiger partial charge in [-0.3, -0.25) is 5.41 Å². The van der Waals surface area contributed by atoms with Gasteiger partial charge in [-0.05, 0) is 19.8 Å². The van der Waals surface area contributed by atoms with Crippen molar-refractivity contribution in [2.45, 2.75) is 25.8 Å². The molecule has 0 unspecified atom stereocenters. The van der Waals surface area contributed by atoms with Gasteiger partial charge >= 0.3 is 0 Å². The molecular formula is C8H17N3O. The molecule has 1 heterocycles. The van der Waals surface area contributed by atoms with Crippen molar-refractivity contribution in [3.8, 4) is 0 Å². The van der Waals surface area contributed by atoms with Crippen molar-refractivity contribution < 1.29 is 4.74 Å². The van der Waals surface area contributed by atoms with Crippen LogP contribution in [-0.4, -0.2) is 36.7 Å². The molecule has 0 aromatic heterocycles. The van der Waals surface area contributed by atoms with Gasteiger partial charge in [0.2, 0.25) is 0 Å². The van der Waals surface area contributed by atoms with Crippen molar-refractivity contribution in [2.24, 2.45) is 5.73 Å². The van der Waals surface area contributed by atoms with Gasteiger partial charge in [0.25, 0.3) is 6.02 Å². The molecule has 0 radical (unpaired) electrons. The van der Waals surface area contributed by atoms with Gasteiger partial charge in [-0.25, -0.2) is 0 Å². The number of piperidine rings is 1. The molecule has 0 atom stereocenters. The van der Waals surface area contributed by atoms with Gasteiger partial charge in [-0.1, -0.05) is 0 Å². The van der Waals surface area contributed by atoms with Crippen molar-refractivity contribution >= 4 is 6.02 Å². The second-order valence-corrected chi connectivity index (χ2v) is 3.06. The Bertz CT molecular complexity index is 152. The Morgan fingerprint density at radius 1 is 1.58 bits per heavy atom. The average molecular weight is 171 g/mol. The highest BCUT2D eigenvalue weighted by atomic mass is 16.5. The summed E-state index contributed by atoms with van der Waals surface area (Å²) in [5.74, 6) is 0. The molecule has 0 spiro atoms. The summed E-state index contributed by atoms with van der Waals surface area (Å²) in [5.41, 5.74) is 5.73. The largest absolute Gasteiger partial charge is 0.466 e. The first kappa shape index (κ1) is 9.32. The minimum absolute atomic E-state index is 0.296. The summed E-state index contributed by atoms with van der Waals surface area (Å²) in [6.07, 6.45) is 1.94. The number of rotatable bonds is 1. The van der Waals surface area contributed by atoms with E-state index in [9.17, 15) is 0 Å². The smallest absolute Gasteiger partial charge is 0.284 e. The Morgan fingerprint density at radius 2 is 2.17 bits per heavy atom. The topological polar surface area (TPSA) is 62.3 Å². The highest BCUT2D eigenvalue weighted by Crippen LogP contribution is 2.08. The fourth-order valence-corrected chi connectivity index (χ4v) is 1.33. The van der Waals surface area contributed by atoms with E-state index in [2.05, 4.69) is 0 Å². The molecule has 0 amide bonds. The molecule has 4 nitrogen and oxygen atoms in total. The van der Waals surface area contributed by atoms with Crippen LogP contribution in [-0.2, 0) is 4.74 Å². The molecule has 1 fully saturated rings. The Hall–Kier alpha value is -0.770. The summed E-state index contributed by atoms with van der Waals surface area (Å²) in [7, 11) is 0. The zero-order chi connectivity index (χ0) is 8.97. The van der Waals surface area contributed by atoms with Crippen molar-refractivity contribution in [2.75, 3.05) is 19.7 Å². The number of amidine groups is 1. The quantitative estimate of drug-likeness (QED) is 0.443. The van der Waals surface area contributed by atoms with Gasteiger partial charge in [0.1, 0.15) is 0 Å². The van der Waals surface area contributed by atoms with Gasteiger partial charge in [0, 0.05) is 19.1 Å². The SMILES string of the molecule is CCOC(=N)N1CCC(N)CC1. The summed E-state index contributed by atoms with van der Waals surface area (Å²) >= 11 is 0. The van der Waals surface area contributed by atoms with E-state index < -0.39 is 0 Å². The number of nitrogens with one attached hydrogen (secondary N) is 1. The van der Waals surface area contributed by atoms with Crippen LogP contribution in [0.4, 0.5) is 0 Å². The van der Waals surface area contributed by atoms with Gasteiger partial charge in [-0.15, -0.1) is 0 Å². The van der Waals surface area contributed by atoms with E-state index >= 15 is 0 Å². The zero-order valence-electron chi connectivity index (χ0n) is 7.55. The van der Waals surface area contributed by atoms with E-state index in [4.69, 9.17) is 15.9 Å². The maximum absolute atomic E-state index is 7.51. The summed E-state index contributed by atoms with van der Waals surface area (Å²) in [6, 6.07) is 0.611. The third-order valence-corrected chi connectivity index (χ3v) is 2.11. The summed E-state index contributed by atoms with van der Waals surface area (Å²) in [4.78, 5) is 1.94. The van der Waals surface area contributed by atoms with Crippen LogP contribution in [0.15, 0.2) is 0 Å². The van der Waals surface area contributed by atoms with Crippen LogP contribution >= 0.6 is 0 Å². The van der Waals surface area contributed by atoms with Crippen molar-refractivity contribution in [3.05, 3.63) is 0 Å². The standard InChI is InChI=1S/C8H17N3O/c1-2-12-8(10)11-5-3-7(9)4-6-11/h7,10H,2-6,9H2,1H3. The molecule has 1 rings (SSSR count). The summed E-state index contributed by atoms with van der Waals surface area (Å²) < 4.78 is 5.08. The molecular weight excluding hydrogens is 154 g/mol. The number of likely N-dealkylation sites (tertiary alicyclic amines) is 1. The molecule has 1 aliphatic rings. The molecule has 0 aromatic carbocycles. The van der Waals surface area contributed by atoms with Crippen LogP contribution in [0.2, 0.25) is 0 Å². The van der Waals surface area contributed by atoms with E-state index in [1.807, 2.05) is 11.8 Å². The highest BCUT2D eigenvalue weighted by Gasteiger charge is 2.18. The predicted molar refractivity (Wildman–Crippen MR) is 48.1 cm³/mol. The fourth-order valence-electron chi connectivity index (χ4n) is 1.33. The number of nitrogens with two attached hydrogens (primary N) is 1. The number of ether oxygens (including phenoxy) is 1. The van der Waals surface area contributed by atoms with Crippen molar-refractivity contribution in [3.63, 3.8) is 0 Å². The monoisotopic (exact) mass is 171 g/mol. The van der Waals surface area contributed by atoms with Crippen molar-refractivity contribution in [1.82, 2.24) is 4.90 Å². The highest BCUT2D eigenvalue weighted by molar-refractivity contribution is 5.70. The minimum atomic E-state index is 0.296. The molecule has 0 aromatic rings. The molecule has 1 saturated heterocycles. The lowest BCUT2D eigenvalue weighted by Crippen LogP contribution is -2.43. The molecule has 0 aliphatic carbocycles. The number of nitrogens with zero attached hydrogens (tertiary/aromatic N) is 1. The first-order valence-corrected chi connectivity index (χ1v) is 4.46. The Morgan fingerprint density at radius 3 is 2.67 bits per heavy atom. The van der Waals surface area contributed by atoms with Gasteiger partial charge < -0.3 is 15.4 Å². The molecule has 0 bridgehead atoms. The van der Waals surface area contributed by atoms with E-state index in [1.165, 1.54) is 0 Å². The second-order valence-electron chi connectivity index (χ2n) is 3.06. The summed E-state index contributed by atoms with van der Waals surface area (Å²) in [5, 5.41) is 7.51. The van der Waals surface area contributed by atoms with Crippen LogP contribution in [0.3, 0.4) is 0 Å². The van der Waals surface area contributed by atoms with Crippen LogP contribution in [0, 0.1) is 5.41 Å². The van der Waals surface area contributed by atoms with E-state index in [0.717, 1.165) is 25.9 Å². The van der Waals surface area contributed by atoms with Gasteiger partial charge in [-0.2, -0.15) is 0 Å². The van der Waals surface area contributed by atoms with Crippen LogP contribution in [0.1, 0.15) is 19.8 Å².